The summed E-state index contributed by atoms with van der Waals surface area (Å²) in [6.45, 7) is -1.10. The summed E-state index contributed by atoms with van der Waals surface area (Å²) in [6, 6.07) is 0. The third-order valence-electron chi connectivity index (χ3n) is 3.96. The molecule has 2 aliphatic rings. The molecule has 23 heavy (non-hydrogen) atoms. The normalized spacial score (nSPS) is 51.7. The number of ether oxygens (including phenoxy) is 3. The van der Waals surface area contributed by atoms with Crippen LogP contribution >= 0.6 is 0 Å². The van der Waals surface area contributed by atoms with Gasteiger partial charge in [0.2, 0.25) is 0 Å². The summed E-state index contributed by atoms with van der Waals surface area (Å²) in [6.07, 6.45) is -15.3. The zero-order chi connectivity index (χ0) is 17.3. The molecule has 2 aliphatic heterocycles. The van der Waals surface area contributed by atoms with Crippen LogP contribution in [0.1, 0.15) is 0 Å². The molecule has 0 amide bonds. The summed E-state index contributed by atoms with van der Waals surface area (Å²) in [5, 5.41) is 76.1. The van der Waals surface area contributed by atoms with E-state index < -0.39 is 74.6 Å². The van der Waals surface area contributed by atoms with Crippen molar-refractivity contribution >= 4 is 0 Å². The van der Waals surface area contributed by atoms with Crippen molar-refractivity contribution in [2.24, 2.45) is 0 Å². The van der Waals surface area contributed by atoms with Crippen LogP contribution in [-0.4, -0.2) is 115 Å². The van der Waals surface area contributed by atoms with E-state index in [0.29, 0.717) is 0 Å². The molecule has 0 saturated carbocycles. The maximum Gasteiger partial charge on any atom is 0.186 e. The van der Waals surface area contributed by atoms with E-state index in [9.17, 15) is 35.7 Å². The lowest BCUT2D eigenvalue weighted by atomic mass is 9.98. The molecule has 8 N–H and O–H groups in total. The van der Waals surface area contributed by atoms with Gasteiger partial charge in [-0.3, -0.25) is 0 Å². The molecule has 11 nitrogen and oxygen atoms in total. The van der Waals surface area contributed by atoms with E-state index in [0.717, 1.165) is 0 Å². The van der Waals surface area contributed by atoms with E-state index in [-0.39, 0.29) is 0 Å². The predicted molar refractivity (Wildman–Crippen MR) is 68.6 cm³/mol. The van der Waals surface area contributed by atoms with Crippen LogP contribution in [0.4, 0.5) is 0 Å². The van der Waals surface area contributed by atoms with Gasteiger partial charge in [0.25, 0.3) is 0 Å². The van der Waals surface area contributed by atoms with Crippen LogP contribution in [0.25, 0.3) is 0 Å². The summed E-state index contributed by atoms with van der Waals surface area (Å²) in [7, 11) is 0. The number of aliphatic hydroxyl groups excluding tert-OH is 8. The predicted octanol–water partition coefficient (Wildman–Crippen LogP) is -5.40. The molecule has 0 unspecified atom stereocenters. The van der Waals surface area contributed by atoms with Gasteiger partial charge in [-0.15, -0.1) is 0 Å². The van der Waals surface area contributed by atoms with Crippen LogP contribution in [0.2, 0.25) is 0 Å². The molecule has 0 aromatic rings. The Morgan fingerprint density at radius 2 is 1.22 bits per heavy atom. The summed E-state index contributed by atoms with van der Waals surface area (Å²) in [4.78, 5) is 0. The van der Waals surface area contributed by atoms with Gasteiger partial charge in [-0.25, -0.2) is 0 Å². The van der Waals surface area contributed by atoms with Gasteiger partial charge >= 0.3 is 0 Å². The van der Waals surface area contributed by atoms with Crippen molar-refractivity contribution in [1.29, 1.82) is 0 Å². The Labute approximate surface area is 130 Å². The molecule has 136 valence electrons. The molecular weight excluding hydrogens is 320 g/mol. The molecule has 0 aromatic heterocycles. The van der Waals surface area contributed by atoms with Gasteiger partial charge in [0.05, 0.1) is 13.2 Å². The lowest BCUT2D eigenvalue weighted by molar-refractivity contribution is -0.325. The van der Waals surface area contributed by atoms with Gasteiger partial charge in [0.15, 0.2) is 12.6 Å². The van der Waals surface area contributed by atoms with E-state index >= 15 is 0 Å². The maximum absolute atomic E-state index is 9.78. The fourth-order valence-corrected chi connectivity index (χ4v) is 2.46. The highest BCUT2D eigenvalue weighted by molar-refractivity contribution is 4.91. The molecule has 2 fully saturated rings. The minimum atomic E-state index is -1.74. The van der Waals surface area contributed by atoms with Gasteiger partial charge in [-0.1, -0.05) is 0 Å². The SMILES string of the molecule is OC[C@H]1O[C@H](OC[C@H]2O[C@H](O)[C@H](O)[C@@H](O)[C@H]2O)[C@H](O)[C@@H](O)[C@@H]1O. The van der Waals surface area contributed by atoms with Crippen molar-refractivity contribution in [3.8, 4) is 0 Å². The van der Waals surface area contributed by atoms with Gasteiger partial charge < -0.3 is 55.1 Å². The fourth-order valence-electron chi connectivity index (χ4n) is 2.46. The first kappa shape index (κ1) is 18.9. The zero-order valence-electron chi connectivity index (χ0n) is 12.0. The minimum absolute atomic E-state index is 0.468. The molecule has 11 heteroatoms. The van der Waals surface area contributed by atoms with E-state index in [1.165, 1.54) is 0 Å². The van der Waals surface area contributed by atoms with Crippen molar-refractivity contribution < 1.29 is 55.1 Å². The van der Waals surface area contributed by atoms with Gasteiger partial charge in [0, 0.05) is 0 Å². The highest BCUT2D eigenvalue weighted by atomic mass is 16.7. The van der Waals surface area contributed by atoms with Crippen molar-refractivity contribution in [3.63, 3.8) is 0 Å². The van der Waals surface area contributed by atoms with Gasteiger partial charge in [-0.2, -0.15) is 0 Å². The summed E-state index contributed by atoms with van der Waals surface area (Å²) >= 11 is 0. The van der Waals surface area contributed by atoms with Crippen LogP contribution < -0.4 is 0 Å². The van der Waals surface area contributed by atoms with Crippen molar-refractivity contribution in [1.82, 2.24) is 0 Å². The number of hydrogen-bond acceptors (Lipinski definition) is 11. The van der Waals surface area contributed by atoms with Crippen LogP contribution in [0.5, 0.6) is 0 Å². The Kier molecular flexibility index (Phi) is 6.27. The molecule has 0 radical (unpaired) electrons. The molecule has 0 aliphatic carbocycles. The Morgan fingerprint density at radius 3 is 1.83 bits per heavy atom. The van der Waals surface area contributed by atoms with Crippen molar-refractivity contribution in [2.45, 2.75) is 61.4 Å². The zero-order valence-corrected chi connectivity index (χ0v) is 12.0. The Morgan fingerprint density at radius 1 is 0.652 bits per heavy atom. The molecule has 2 heterocycles. The second-order valence-corrected chi connectivity index (χ2v) is 5.57. The molecule has 0 aromatic carbocycles. The van der Waals surface area contributed by atoms with E-state index in [2.05, 4.69) is 0 Å². The van der Waals surface area contributed by atoms with Crippen LogP contribution in [0.15, 0.2) is 0 Å². The first-order valence-electron chi connectivity index (χ1n) is 7.07. The molecule has 10 atom stereocenters. The van der Waals surface area contributed by atoms with Crippen LogP contribution in [0, 0.1) is 0 Å². The quantitative estimate of drug-likeness (QED) is 0.243. The number of hydrogen-bond donors (Lipinski definition) is 8. The Bertz CT molecular complexity index is 380. The smallest absolute Gasteiger partial charge is 0.186 e. The molecular formula is C12H22O11. The summed E-state index contributed by atoms with van der Waals surface area (Å²) in [5.74, 6) is 0. The standard InChI is InChI=1S/C12H22O11/c13-1-3-5(14)8(17)10(19)12(23-3)21-2-4-6(15)7(16)9(18)11(20)22-4/h3-20H,1-2H2/t3-,4-,5-,6+,7+,8+,9-,10-,11+,12+/m1/s1. The third kappa shape index (κ3) is 3.81. The van der Waals surface area contributed by atoms with Gasteiger partial charge in [0.1, 0.15) is 48.8 Å². The minimum Gasteiger partial charge on any atom is -0.394 e. The second-order valence-electron chi connectivity index (χ2n) is 5.57. The molecule has 0 spiro atoms. The van der Waals surface area contributed by atoms with Gasteiger partial charge in [-0.05, 0) is 0 Å². The Balaban J connectivity index is 1.94. The fraction of sp³-hybridized carbons (Fsp3) is 1.00. The van der Waals surface area contributed by atoms with Crippen LogP contribution in [-0.2, 0) is 14.2 Å². The highest BCUT2D eigenvalue weighted by Crippen LogP contribution is 2.24. The van der Waals surface area contributed by atoms with E-state index in [1.54, 1.807) is 0 Å². The number of aliphatic hydroxyl groups is 8. The van der Waals surface area contributed by atoms with Crippen LogP contribution in [0.3, 0.4) is 0 Å². The molecule has 0 bridgehead atoms. The average molecular weight is 342 g/mol. The monoisotopic (exact) mass is 342 g/mol. The first-order chi connectivity index (χ1) is 10.8. The number of rotatable bonds is 4. The molecule has 2 saturated heterocycles. The maximum atomic E-state index is 9.78. The third-order valence-corrected chi connectivity index (χ3v) is 3.96. The summed E-state index contributed by atoms with van der Waals surface area (Å²) in [5.41, 5.74) is 0. The molecule has 2 rings (SSSR count). The van der Waals surface area contributed by atoms with Crippen molar-refractivity contribution in [3.05, 3.63) is 0 Å². The highest BCUT2D eigenvalue weighted by Gasteiger charge is 2.46. The summed E-state index contributed by atoms with van der Waals surface area (Å²) < 4.78 is 15.1. The second kappa shape index (κ2) is 7.63. The average Bonchev–Trinajstić information content (AvgIpc) is 2.54. The first-order valence-corrected chi connectivity index (χ1v) is 7.07. The topological polar surface area (TPSA) is 190 Å². The lowest BCUT2D eigenvalue weighted by Crippen LogP contribution is -2.61. The largest absolute Gasteiger partial charge is 0.394 e. The Hall–Kier alpha value is -0.440. The van der Waals surface area contributed by atoms with E-state index in [4.69, 9.17) is 19.3 Å². The van der Waals surface area contributed by atoms with E-state index in [1.807, 2.05) is 0 Å². The van der Waals surface area contributed by atoms with Crippen molar-refractivity contribution in [2.75, 3.05) is 13.2 Å². The lowest BCUT2D eigenvalue weighted by Gasteiger charge is -2.41.